The zero-order valence-corrected chi connectivity index (χ0v) is 41.1. The van der Waals surface area contributed by atoms with Gasteiger partial charge in [0, 0.05) is 19.3 Å². The number of rotatable bonds is 46. The number of allylic oxidation sites excluding steroid dienone is 14. The Morgan fingerprint density at radius 2 is 0.635 bits per heavy atom. The van der Waals surface area contributed by atoms with Gasteiger partial charge in [0.2, 0.25) is 0 Å². The van der Waals surface area contributed by atoms with Crippen LogP contribution in [0, 0.1) is 0 Å². The Hall–Kier alpha value is -3.41. The average Bonchev–Trinajstić information content (AvgIpc) is 3.28. The summed E-state index contributed by atoms with van der Waals surface area (Å²) in [5.74, 6) is -0.942. The first kappa shape index (κ1) is 59.6. The van der Waals surface area contributed by atoms with E-state index in [1.54, 1.807) is 0 Å². The molecule has 0 saturated heterocycles. The van der Waals surface area contributed by atoms with Crippen LogP contribution in [0.4, 0.5) is 0 Å². The van der Waals surface area contributed by atoms with Gasteiger partial charge in [0.1, 0.15) is 13.2 Å². The van der Waals surface area contributed by atoms with E-state index >= 15 is 0 Å². The predicted octanol–water partition coefficient (Wildman–Crippen LogP) is 17.2. The van der Waals surface area contributed by atoms with Gasteiger partial charge in [-0.3, -0.25) is 14.4 Å². The number of hydrogen-bond donors (Lipinski definition) is 0. The van der Waals surface area contributed by atoms with Crippen LogP contribution in [0.2, 0.25) is 0 Å². The Labute approximate surface area is 388 Å². The van der Waals surface area contributed by atoms with Crippen molar-refractivity contribution in [1.82, 2.24) is 0 Å². The SMILES string of the molecule is CC/C=C\C/C=C\C/C=C\C/C=C\CCCCCCC(=O)OCC(COC(=O)CCCCCCC/C=C\CCCCCCC)OC(=O)CCCCCCC/C=C\C/C=C\CCCC. The number of esters is 3. The van der Waals surface area contributed by atoms with Gasteiger partial charge in [-0.05, 0) is 109 Å². The molecule has 0 aliphatic heterocycles. The zero-order chi connectivity index (χ0) is 45.8. The molecule has 0 aromatic carbocycles. The first-order chi connectivity index (χ1) is 31.0. The van der Waals surface area contributed by atoms with Crippen LogP contribution in [0.25, 0.3) is 0 Å². The van der Waals surface area contributed by atoms with E-state index in [9.17, 15) is 14.4 Å². The first-order valence-electron chi connectivity index (χ1n) is 26.1. The summed E-state index contributed by atoms with van der Waals surface area (Å²) >= 11 is 0. The monoisotopic (exact) mass is 877 g/mol. The maximum atomic E-state index is 12.8. The molecule has 6 heteroatoms. The molecule has 0 aliphatic rings. The summed E-state index contributed by atoms with van der Waals surface area (Å²) in [6.45, 7) is 6.43. The summed E-state index contributed by atoms with van der Waals surface area (Å²) in [7, 11) is 0. The van der Waals surface area contributed by atoms with Gasteiger partial charge in [0.05, 0.1) is 0 Å². The molecule has 0 heterocycles. The van der Waals surface area contributed by atoms with E-state index in [1.165, 1.54) is 70.6 Å². The summed E-state index contributed by atoms with van der Waals surface area (Å²) in [5.41, 5.74) is 0. The first-order valence-corrected chi connectivity index (χ1v) is 26.1. The van der Waals surface area contributed by atoms with Crippen molar-refractivity contribution in [1.29, 1.82) is 0 Å². The van der Waals surface area contributed by atoms with Crippen LogP contribution in [0.5, 0.6) is 0 Å². The van der Waals surface area contributed by atoms with Crippen molar-refractivity contribution < 1.29 is 28.6 Å². The lowest BCUT2D eigenvalue weighted by molar-refractivity contribution is -0.167. The molecular weight excluding hydrogens is 781 g/mol. The molecule has 0 aromatic rings. The predicted molar refractivity (Wildman–Crippen MR) is 270 cm³/mol. The molecule has 0 radical (unpaired) electrons. The summed E-state index contributed by atoms with van der Waals surface area (Å²) in [4.78, 5) is 38.0. The Bertz CT molecular complexity index is 1240. The minimum Gasteiger partial charge on any atom is -0.462 e. The van der Waals surface area contributed by atoms with E-state index < -0.39 is 6.10 Å². The molecule has 0 aromatic heterocycles. The molecule has 6 nitrogen and oxygen atoms in total. The van der Waals surface area contributed by atoms with E-state index in [0.29, 0.717) is 19.3 Å². The van der Waals surface area contributed by atoms with Crippen molar-refractivity contribution >= 4 is 17.9 Å². The molecule has 0 saturated carbocycles. The fraction of sp³-hybridized carbons (Fsp3) is 0.702. The minimum atomic E-state index is -0.797. The maximum Gasteiger partial charge on any atom is 0.306 e. The molecular formula is C57H96O6. The third kappa shape index (κ3) is 49.5. The van der Waals surface area contributed by atoms with Crippen LogP contribution in [0.15, 0.2) is 85.1 Å². The molecule has 360 valence electrons. The van der Waals surface area contributed by atoms with Crippen molar-refractivity contribution in [2.24, 2.45) is 0 Å². The highest BCUT2D eigenvalue weighted by Crippen LogP contribution is 2.13. The highest BCUT2D eigenvalue weighted by Gasteiger charge is 2.19. The highest BCUT2D eigenvalue weighted by molar-refractivity contribution is 5.71. The van der Waals surface area contributed by atoms with Crippen LogP contribution in [-0.4, -0.2) is 37.2 Å². The van der Waals surface area contributed by atoms with E-state index in [2.05, 4.69) is 106 Å². The molecule has 0 N–H and O–H groups in total. The Morgan fingerprint density at radius 3 is 1.03 bits per heavy atom. The second-order valence-electron chi connectivity index (χ2n) is 17.0. The topological polar surface area (TPSA) is 78.9 Å². The van der Waals surface area contributed by atoms with Crippen molar-refractivity contribution in [3.63, 3.8) is 0 Å². The Kier molecular flexibility index (Phi) is 48.5. The maximum absolute atomic E-state index is 12.8. The molecule has 0 bridgehead atoms. The summed E-state index contributed by atoms with van der Waals surface area (Å²) in [6.07, 6.45) is 65.6. The summed E-state index contributed by atoms with van der Waals surface area (Å²) < 4.78 is 16.8. The molecule has 0 rings (SSSR count). The quantitative estimate of drug-likeness (QED) is 0.0262. The van der Waals surface area contributed by atoms with Gasteiger partial charge < -0.3 is 14.2 Å². The fourth-order valence-corrected chi connectivity index (χ4v) is 6.91. The normalized spacial score (nSPS) is 12.7. The number of ether oxygens (including phenoxy) is 3. The third-order valence-electron chi connectivity index (χ3n) is 10.9. The van der Waals surface area contributed by atoms with Gasteiger partial charge in [-0.1, -0.05) is 196 Å². The molecule has 0 aliphatic carbocycles. The van der Waals surface area contributed by atoms with E-state index in [-0.39, 0.29) is 31.1 Å². The molecule has 63 heavy (non-hydrogen) atoms. The second kappa shape index (κ2) is 51.2. The van der Waals surface area contributed by atoms with Crippen LogP contribution in [0.3, 0.4) is 0 Å². The molecule has 0 amide bonds. The Morgan fingerprint density at radius 1 is 0.333 bits per heavy atom. The standard InChI is InChI=1S/C57H96O6/c1-4-7-10-13-16-19-22-25-28-29-30-33-35-38-41-44-47-50-56(59)62-53-54(63-57(60)51-48-45-42-39-36-32-27-24-21-18-15-12-9-6-3)52-61-55(58)49-46-43-40-37-34-31-26-23-20-17-14-11-8-5-2/h7,10,15-16,18-19,23-28,30,33,54H,4-6,8-9,11-14,17,20-22,29,31-32,34-53H2,1-3H3/b10-7-,18-15-,19-16-,26-23-,27-24-,28-25-,33-30-. The molecule has 0 spiro atoms. The molecule has 0 fully saturated rings. The summed E-state index contributed by atoms with van der Waals surface area (Å²) in [6, 6.07) is 0. The summed E-state index contributed by atoms with van der Waals surface area (Å²) in [5, 5.41) is 0. The smallest absolute Gasteiger partial charge is 0.306 e. The van der Waals surface area contributed by atoms with Gasteiger partial charge in [0.15, 0.2) is 6.10 Å². The molecule has 1 unspecified atom stereocenters. The van der Waals surface area contributed by atoms with Gasteiger partial charge in [-0.25, -0.2) is 0 Å². The number of hydrogen-bond acceptors (Lipinski definition) is 6. The van der Waals surface area contributed by atoms with Crippen molar-refractivity contribution in [2.75, 3.05) is 13.2 Å². The minimum absolute atomic E-state index is 0.0951. The third-order valence-corrected chi connectivity index (χ3v) is 10.9. The number of unbranched alkanes of at least 4 members (excludes halogenated alkanes) is 21. The Balaban J connectivity index is 4.46. The lowest BCUT2D eigenvalue weighted by atomic mass is 10.1. The highest BCUT2D eigenvalue weighted by atomic mass is 16.6. The molecule has 1 atom stereocenters. The lowest BCUT2D eigenvalue weighted by Crippen LogP contribution is -2.30. The van der Waals surface area contributed by atoms with Crippen molar-refractivity contribution in [3.05, 3.63) is 85.1 Å². The van der Waals surface area contributed by atoms with Gasteiger partial charge >= 0.3 is 17.9 Å². The van der Waals surface area contributed by atoms with E-state index in [4.69, 9.17) is 14.2 Å². The average molecular weight is 877 g/mol. The number of carbonyl (C=O) groups excluding carboxylic acids is 3. The van der Waals surface area contributed by atoms with E-state index in [0.717, 1.165) is 128 Å². The van der Waals surface area contributed by atoms with Gasteiger partial charge in [-0.2, -0.15) is 0 Å². The number of carbonyl (C=O) groups is 3. The van der Waals surface area contributed by atoms with Crippen LogP contribution >= 0.6 is 0 Å². The van der Waals surface area contributed by atoms with Crippen LogP contribution in [0.1, 0.15) is 239 Å². The van der Waals surface area contributed by atoms with E-state index in [1.807, 2.05) is 0 Å². The van der Waals surface area contributed by atoms with Crippen molar-refractivity contribution in [3.8, 4) is 0 Å². The lowest BCUT2D eigenvalue weighted by Gasteiger charge is -2.18. The fourth-order valence-electron chi connectivity index (χ4n) is 6.91. The largest absolute Gasteiger partial charge is 0.462 e. The zero-order valence-electron chi connectivity index (χ0n) is 41.1. The van der Waals surface area contributed by atoms with Crippen LogP contribution in [-0.2, 0) is 28.6 Å². The van der Waals surface area contributed by atoms with Crippen molar-refractivity contribution in [2.45, 2.75) is 245 Å². The second-order valence-corrected chi connectivity index (χ2v) is 17.0. The van der Waals surface area contributed by atoms with Crippen LogP contribution < -0.4 is 0 Å². The van der Waals surface area contributed by atoms with Gasteiger partial charge in [0.25, 0.3) is 0 Å². The van der Waals surface area contributed by atoms with Gasteiger partial charge in [-0.15, -0.1) is 0 Å².